The molecule has 0 aromatic rings. The Bertz CT molecular complexity index is 207. The van der Waals surface area contributed by atoms with Gasteiger partial charge < -0.3 is 10.1 Å². The first-order chi connectivity index (χ1) is 9.81. The van der Waals surface area contributed by atoms with Gasteiger partial charge in [0, 0.05) is 6.54 Å². The zero-order chi connectivity index (χ0) is 14.9. The Morgan fingerprint density at radius 3 is 1.65 bits per heavy atom. The lowest BCUT2D eigenvalue weighted by Crippen LogP contribution is -2.25. The Morgan fingerprint density at radius 2 is 1.20 bits per heavy atom. The van der Waals surface area contributed by atoms with Crippen molar-refractivity contribution in [3.8, 4) is 0 Å². The summed E-state index contributed by atoms with van der Waals surface area (Å²) < 4.78 is 4.80. The minimum absolute atomic E-state index is 0.282. The SMILES string of the molecule is CCCCCCCCCCCCCCNC(=O)OCC. The van der Waals surface area contributed by atoms with Crippen LogP contribution in [-0.2, 0) is 4.74 Å². The third-order valence-electron chi connectivity index (χ3n) is 3.58. The predicted octanol–water partition coefficient (Wildman–Crippen LogP) is 5.43. The molecule has 3 nitrogen and oxygen atoms in total. The van der Waals surface area contributed by atoms with Crippen molar-refractivity contribution >= 4 is 6.09 Å². The average Bonchev–Trinajstić information content (AvgIpc) is 2.44. The molecular formula is C17H35NO2. The van der Waals surface area contributed by atoms with Crippen molar-refractivity contribution in [3.05, 3.63) is 0 Å². The molecule has 0 rings (SSSR count). The summed E-state index contributed by atoms with van der Waals surface area (Å²) in [6, 6.07) is 0. The van der Waals surface area contributed by atoms with Crippen molar-refractivity contribution in [1.29, 1.82) is 0 Å². The standard InChI is InChI=1S/C17H35NO2/c1-3-5-6-7-8-9-10-11-12-13-14-15-16-18-17(19)20-4-2/h3-16H2,1-2H3,(H,18,19). The van der Waals surface area contributed by atoms with Gasteiger partial charge in [-0.05, 0) is 13.3 Å². The van der Waals surface area contributed by atoms with Gasteiger partial charge in [-0.3, -0.25) is 0 Å². The highest BCUT2D eigenvalue weighted by atomic mass is 16.5. The number of hydrogen-bond donors (Lipinski definition) is 1. The summed E-state index contributed by atoms with van der Waals surface area (Å²) >= 11 is 0. The van der Waals surface area contributed by atoms with Crippen molar-refractivity contribution in [2.75, 3.05) is 13.2 Å². The summed E-state index contributed by atoms with van der Waals surface area (Å²) in [6.07, 6.45) is 15.8. The summed E-state index contributed by atoms with van der Waals surface area (Å²) in [6.45, 7) is 5.28. The summed E-state index contributed by atoms with van der Waals surface area (Å²) in [5.74, 6) is 0. The van der Waals surface area contributed by atoms with E-state index in [9.17, 15) is 4.79 Å². The highest BCUT2D eigenvalue weighted by molar-refractivity contribution is 5.66. The number of unbranched alkanes of at least 4 members (excludes halogenated alkanes) is 11. The smallest absolute Gasteiger partial charge is 0.407 e. The topological polar surface area (TPSA) is 38.3 Å². The van der Waals surface area contributed by atoms with Crippen molar-refractivity contribution in [2.45, 2.75) is 90.9 Å². The van der Waals surface area contributed by atoms with E-state index in [1.165, 1.54) is 70.6 Å². The van der Waals surface area contributed by atoms with Crippen molar-refractivity contribution in [3.63, 3.8) is 0 Å². The molecule has 0 fully saturated rings. The molecule has 0 aromatic heterocycles. The molecule has 0 radical (unpaired) electrons. The van der Waals surface area contributed by atoms with Crippen molar-refractivity contribution < 1.29 is 9.53 Å². The second-order valence-corrected chi connectivity index (χ2v) is 5.54. The molecule has 0 bridgehead atoms. The largest absolute Gasteiger partial charge is 0.450 e. The number of hydrogen-bond acceptors (Lipinski definition) is 2. The van der Waals surface area contributed by atoms with Gasteiger partial charge in [0.2, 0.25) is 0 Å². The Hall–Kier alpha value is -0.730. The van der Waals surface area contributed by atoms with E-state index in [4.69, 9.17) is 4.74 Å². The fourth-order valence-corrected chi connectivity index (χ4v) is 2.34. The first kappa shape index (κ1) is 19.3. The Labute approximate surface area is 125 Å². The van der Waals surface area contributed by atoms with Gasteiger partial charge in [0.25, 0.3) is 0 Å². The zero-order valence-corrected chi connectivity index (χ0v) is 13.7. The van der Waals surface area contributed by atoms with Gasteiger partial charge in [0.05, 0.1) is 6.61 Å². The zero-order valence-electron chi connectivity index (χ0n) is 13.7. The molecule has 0 aromatic carbocycles. The lowest BCUT2D eigenvalue weighted by molar-refractivity contribution is 0.152. The Morgan fingerprint density at radius 1 is 0.750 bits per heavy atom. The molecule has 0 unspecified atom stereocenters. The second kappa shape index (κ2) is 16.3. The van der Waals surface area contributed by atoms with E-state index in [1.807, 2.05) is 6.92 Å². The molecule has 0 aliphatic carbocycles. The van der Waals surface area contributed by atoms with Gasteiger partial charge in [-0.15, -0.1) is 0 Å². The van der Waals surface area contributed by atoms with Gasteiger partial charge >= 0.3 is 6.09 Å². The summed E-state index contributed by atoms with van der Waals surface area (Å²) in [4.78, 5) is 11.0. The fourth-order valence-electron chi connectivity index (χ4n) is 2.34. The van der Waals surface area contributed by atoms with Crippen LogP contribution in [-0.4, -0.2) is 19.2 Å². The molecule has 3 heteroatoms. The maximum Gasteiger partial charge on any atom is 0.407 e. The fraction of sp³-hybridized carbons (Fsp3) is 0.941. The van der Waals surface area contributed by atoms with E-state index in [0.717, 1.165) is 13.0 Å². The summed E-state index contributed by atoms with van der Waals surface area (Å²) in [7, 11) is 0. The van der Waals surface area contributed by atoms with Crippen LogP contribution in [0.4, 0.5) is 4.79 Å². The Kier molecular flexibility index (Phi) is 15.7. The van der Waals surface area contributed by atoms with Crippen LogP contribution in [0.25, 0.3) is 0 Å². The van der Waals surface area contributed by atoms with E-state index in [0.29, 0.717) is 6.61 Å². The van der Waals surface area contributed by atoms with E-state index >= 15 is 0 Å². The minimum atomic E-state index is -0.282. The first-order valence-electron chi connectivity index (χ1n) is 8.71. The van der Waals surface area contributed by atoms with Crippen LogP contribution in [0.5, 0.6) is 0 Å². The van der Waals surface area contributed by atoms with E-state index in [2.05, 4.69) is 12.2 Å². The maximum atomic E-state index is 11.0. The molecule has 1 amide bonds. The van der Waals surface area contributed by atoms with E-state index in [-0.39, 0.29) is 6.09 Å². The molecule has 0 saturated carbocycles. The molecule has 0 atom stereocenters. The van der Waals surface area contributed by atoms with Crippen LogP contribution in [0.15, 0.2) is 0 Å². The maximum absolute atomic E-state index is 11.0. The number of alkyl carbamates (subject to hydrolysis) is 1. The van der Waals surface area contributed by atoms with Crippen LogP contribution >= 0.6 is 0 Å². The quantitative estimate of drug-likeness (QED) is 0.432. The van der Waals surface area contributed by atoms with Crippen LogP contribution in [0.1, 0.15) is 90.9 Å². The number of nitrogens with one attached hydrogen (secondary N) is 1. The third-order valence-corrected chi connectivity index (χ3v) is 3.58. The van der Waals surface area contributed by atoms with Gasteiger partial charge in [-0.1, -0.05) is 77.6 Å². The van der Waals surface area contributed by atoms with Crippen LogP contribution < -0.4 is 5.32 Å². The van der Waals surface area contributed by atoms with Gasteiger partial charge in [0.1, 0.15) is 0 Å². The summed E-state index contributed by atoms with van der Waals surface area (Å²) in [5.41, 5.74) is 0. The molecule has 120 valence electrons. The Balaban J connectivity index is 3.01. The number of rotatable bonds is 14. The molecule has 0 spiro atoms. The number of ether oxygens (including phenoxy) is 1. The number of amides is 1. The molecule has 0 aliphatic heterocycles. The average molecular weight is 285 g/mol. The van der Waals surface area contributed by atoms with Crippen molar-refractivity contribution in [2.24, 2.45) is 0 Å². The molecule has 0 aliphatic rings. The molecule has 20 heavy (non-hydrogen) atoms. The monoisotopic (exact) mass is 285 g/mol. The molecule has 1 N–H and O–H groups in total. The van der Waals surface area contributed by atoms with E-state index < -0.39 is 0 Å². The number of carbonyl (C=O) groups excluding carboxylic acids is 1. The van der Waals surface area contributed by atoms with Crippen LogP contribution in [0.2, 0.25) is 0 Å². The van der Waals surface area contributed by atoms with Gasteiger partial charge in [-0.25, -0.2) is 4.79 Å². The number of carbonyl (C=O) groups is 1. The molecular weight excluding hydrogens is 250 g/mol. The predicted molar refractivity (Wildman–Crippen MR) is 86.1 cm³/mol. The van der Waals surface area contributed by atoms with Crippen LogP contribution in [0, 0.1) is 0 Å². The third kappa shape index (κ3) is 15.3. The minimum Gasteiger partial charge on any atom is -0.450 e. The normalized spacial score (nSPS) is 10.5. The van der Waals surface area contributed by atoms with Gasteiger partial charge in [0.15, 0.2) is 0 Å². The highest BCUT2D eigenvalue weighted by Gasteiger charge is 1.98. The first-order valence-corrected chi connectivity index (χ1v) is 8.71. The highest BCUT2D eigenvalue weighted by Crippen LogP contribution is 2.11. The van der Waals surface area contributed by atoms with Gasteiger partial charge in [-0.2, -0.15) is 0 Å². The van der Waals surface area contributed by atoms with Crippen LogP contribution in [0.3, 0.4) is 0 Å². The lowest BCUT2D eigenvalue weighted by Gasteiger charge is -2.05. The van der Waals surface area contributed by atoms with Crippen molar-refractivity contribution in [1.82, 2.24) is 5.32 Å². The summed E-state index contributed by atoms with van der Waals surface area (Å²) in [5, 5.41) is 2.76. The molecule has 0 heterocycles. The second-order valence-electron chi connectivity index (χ2n) is 5.54. The molecule has 0 saturated heterocycles. The van der Waals surface area contributed by atoms with E-state index in [1.54, 1.807) is 0 Å². The lowest BCUT2D eigenvalue weighted by atomic mass is 10.1.